The number of hydrogen-bond donors (Lipinski definition) is 1. The van der Waals surface area contributed by atoms with Crippen molar-refractivity contribution in [3.05, 3.63) is 27.8 Å². The lowest BCUT2D eigenvalue weighted by Crippen LogP contribution is -2.15. The summed E-state index contributed by atoms with van der Waals surface area (Å²) in [6.07, 6.45) is -0.127. The molecular weight excluding hydrogens is 312 g/mol. The number of primary amides is 1. The Labute approximate surface area is 119 Å². The van der Waals surface area contributed by atoms with E-state index in [2.05, 4.69) is 0 Å². The highest BCUT2D eigenvalue weighted by molar-refractivity contribution is 8.13. The lowest BCUT2D eigenvalue weighted by atomic mass is 10.2. The van der Waals surface area contributed by atoms with E-state index in [1.165, 1.54) is 6.92 Å². The number of non-ortho nitro benzene ring substituents is 1. The molecule has 0 heterocycles. The van der Waals surface area contributed by atoms with E-state index in [0.29, 0.717) is 0 Å². The molecule has 0 bridgehead atoms. The maximum absolute atomic E-state index is 11.4. The smallest absolute Gasteiger partial charge is 0.271 e. The number of nitro benzene ring substituents is 1. The van der Waals surface area contributed by atoms with Crippen molar-refractivity contribution in [2.24, 2.45) is 5.73 Å². The minimum Gasteiger partial charge on any atom is -0.491 e. The summed E-state index contributed by atoms with van der Waals surface area (Å²) >= 11 is 0. The third-order valence-corrected chi connectivity index (χ3v) is 3.62. The zero-order chi connectivity index (χ0) is 15.5. The van der Waals surface area contributed by atoms with E-state index >= 15 is 0 Å². The highest BCUT2D eigenvalue weighted by atomic mass is 35.7. The van der Waals surface area contributed by atoms with Crippen LogP contribution >= 0.6 is 10.7 Å². The molecule has 1 rings (SSSR count). The first-order valence-corrected chi connectivity index (χ1v) is 7.58. The minimum atomic E-state index is -4.24. The van der Waals surface area contributed by atoms with Crippen molar-refractivity contribution < 1.29 is 22.9 Å². The van der Waals surface area contributed by atoms with Crippen molar-refractivity contribution in [3.8, 4) is 5.75 Å². The van der Waals surface area contributed by atoms with Crippen LogP contribution in [-0.2, 0) is 13.8 Å². The van der Waals surface area contributed by atoms with Crippen molar-refractivity contribution in [3.63, 3.8) is 0 Å². The predicted octanol–water partition coefficient (Wildman–Crippen LogP) is 1.08. The molecule has 0 aliphatic heterocycles. The molecule has 10 heteroatoms. The first-order chi connectivity index (χ1) is 9.12. The summed E-state index contributed by atoms with van der Waals surface area (Å²) in [5.74, 6) is -0.758. The van der Waals surface area contributed by atoms with Crippen LogP contribution in [0.5, 0.6) is 5.75 Å². The van der Waals surface area contributed by atoms with Gasteiger partial charge in [0.05, 0.1) is 18.0 Å². The van der Waals surface area contributed by atoms with Gasteiger partial charge in [0.25, 0.3) is 14.7 Å². The number of rotatable bonds is 6. The number of benzene rings is 1. The van der Waals surface area contributed by atoms with Gasteiger partial charge in [-0.3, -0.25) is 14.9 Å². The normalized spacial score (nSPS) is 11.1. The van der Waals surface area contributed by atoms with Gasteiger partial charge in [0.2, 0.25) is 5.91 Å². The number of amides is 1. The Bertz CT molecular complexity index is 658. The molecular formula is C10H11ClN2O6S. The Morgan fingerprint density at radius 3 is 2.55 bits per heavy atom. The van der Waals surface area contributed by atoms with Crippen LogP contribution in [0.4, 0.5) is 5.69 Å². The summed E-state index contributed by atoms with van der Waals surface area (Å²) in [4.78, 5) is 20.1. The van der Waals surface area contributed by atoms with Crippen molar-refractivity contribution in [2.45, 2.75) is 18.2 Å². The van der Waals surface area contributed by atoms with Crippen LogP contribution in [0.2, 0.25) is 0 Å². The first kappa shape index (κ1) is 16.2. The van der Waals surface area contributed by atoms with Gasteiger partial charge in [-0.2, -0.15) is 0 Å². The molecule has 0 atom stereocenters. The first-order valence-electron chi connectivity index (χ1n) is 5.27. The van der Waals surface area contributed by atoms with Crippen LogP contribution in [0, 0.1) is 17.0 Å². The number of hydrogen-bond acceptors (Lipinski definition) is 6. The molecule has 20 heavy (non-hydrogen) atoms. The summed E-state index contributed by atoms with van der Waals surface area (Å²) in [7, 11) is 0.996. The van der Waals surface area contributed by atoms with Crippen molar-refractivity contribution in [2.75, 3.05) is 6.61 Å². The van der Waals surface area contributed by atoms with E-state index in [-0.39, 0.29) is 24.3 Å². The molecule has 0 aliphatic rings. The van der Waals surface area contributed by atoms with Gasteiger partial charge in [-0.15, -0.1) is 0 Å². The minimum absolute atomic E-state index is 0.127. The van der Waals surface area contributed by atoms with Crippen LogP contribution in [0.15, 0.2) is 17.0 Å². The van der Waals surface area contributed by atoms with Crippen molar-refractivity contribution in [1.82, 2.24) is 0 Å². The third-order valence-electron chi connectivity index (χ3n) is 2.29. The highest BCUT2D eigenvalue weighted by Crippen LogP contribution is 2.34. The molecule has 0 saturated heterocycles. The Morgan fingerprint density at radius 1 is 1.50 bits per heavy atom. The van der Waals surface area contributed by atoms with Crippen molar-refractivity contribution >= 4 is 31.3 Å². The molecule has 1 aromatic carbocycles. The summed E-state index contributed by atoms with van der Waals surface area (Å²) in [6.45, 7) is 1.27. The Kier molecular flexibility index (Phi) is 4.90. The molecule has 110 valence electrons. The molecule has 1 aromatic rings. The van der Waals surface area contributed by atoms with E-state index < -0.39 is 30.5 Å². The van der Waals surface area contributed by atoms with Crippen LogP contribution in [0.25, 0.3) is 0 Å². The Balaban J connectivity index is 3.28. The fourth-order valence-electron chi connectivity index (χ4n) is 1.45. The van der Waals surface area contributed by atoms with E-state index in [4.69, 9.17) is 21.2 Å². The topological polar surface area (TPSA) is 130 Å². The Hall–Kier alpha value is -1.87. The van der Waals surface area contributed by atoms with E-state index in [1.807, 2.05) is 0 Å². The summed E-state index contributed by atoms with van der Waals surface area (Å²) in [5.41, 5.74) is 4.71. The van der Waals surface area contributed by atoms with Gasteiger partial charge in [-0.25, -0.2) is 8.42 Å². The molecule has 0 spiro atoms. The zero-order valence-electron chi connectivity index (χ0n) is 10.3. The lowest BCUT2D eigenvalue weighted by molar-refractivity contribution is -0.385. The van der Waals surface area contributed by atoms with Gasteiger partial charge in [-0.1, -0.05) is 0 Å². The average Bonchev–Trinajstić information content (AvgIpc) is 2.28. The standard InChI is InChI=1S/C10H11ClN2O6S/c1-6-4-7(13(15)16)5-8(20(11,17)18)10(6)19-3-2-9(12)14/h4-5H,2-3H2,1H3,(H2,12,14). The van der Waals surface area contributed by atoms with Gasteiger partial charge in [0, 0.05) is 22.8 Å². The number of ether oxygens (including phenoxy) is 1. The van der Waals surface area contributed by atoms with Gasteiger partial charge in [0.1, 0.15) is 10.6 Å². The van der Waals surface area contributed by atoms with Crippen LogP contribution in [0.1, 0.15) is 12.0 Å². The van der Waals surface area contributed by atoms with E-state index in [0.717, 1.165) is 12.1 Å². The number of halogens is 1. The maximum Gasteiger partial charge on any atom is 0.271 e. The van der Waals surface area contributed by atoms with Gasteiger partial charge in [0.15, 0.2) is 0 Å². The second-order valence-corrected chi connectivity index (χ2v) is 6.38. The average molecular weight is 323 g/mol. The largest absolute Gasteiger partial charge is 0.491 e. The number of carbonyl (C=O) groups is 1. The fourth-order valence-corrected chi connectivity index (χ4v) is 2.50. The lowest BCUT2D eigenvalue weighted by Gasteiger charge is -2.11. The van der Waals surface area contributed by atoms with E-state index in [9.17, 15) is 23.3 Å². The van der Waals surface area contributed by atoms with Crippen molar-refractivity contribution in [1.29, 1.82) is 0 Å². The fraction of sp³-hybridized carbons (Fsp3) is 0.300. The van der Waals surface area contributed by atoms with Gasteiger partial charge in [-0.05, 0) is 12.5 Å². The molecule has 2 N–H and O–H groups in total. The Morgan fingerprint density at radius 2 is 2.10 bits per heavy atom. The predicted molar refractivity (Wildman–Crippen MR) is 70.2 cm³/mol. The second-order valence-electron chi connectivity index (χ2n) is 3.85. The number of nitro groups is 1. The zero-order valence-corrected chi connectivity index (χ0v) is 11.9. The number of nitrogens with two attached hydrogens (primary N) is 1. The second kappa shape index (κ2) is 6.06. The molecule has 0 aliphatic carbocycles. The van der Waals surface area contributed by atoms with Crippen LogP contribution in [0.3, 0.4) is 0 Å². The third kappa shape index (κ3) is 4.07. The molecule has 0 fully saturated rings. The molecule has 0 aromatic heterocycles. The van der Waals surface area contributed by atoms with E-state index in [1.54, 1.807) is 0 Å². The van der Waals surface area contributed by atoms with Crippen LogP contribution < -0.4 is 10.5 Å². The summed E-state index contributed by atoms with van der Waals surface area (Å²) < 4.78 is 28.1. The SMILES string of the molecule is Cc1cc([N+](=O)[O-])cc(S(=O)(=O)Cl)c1OCCC(N)=O. The monoisotopic (exact) mass is 322 g/mol. The molecule has 0 radical (unpaired) electrons. The highest BCUT2D eigenvalue weighted by Gasteiger charge is 2.24. The van der Waals surface area contributed by atoms with Gasteiger partial charge < -0.3 is 10.5 Å². The maximum atomic E-state index is 11.4. The number of nitrogens with zero attached hydrogens (tertiary/aromatic N) is 1. The summed E-state index contributed by atoms with van der Waals surface area (Å²) in [6, 6.07) is 1.94. The van der Waals surface area contributed by atoms with Crippen LogP contribution in [-0.4, -0.2) is 25.9 Å². The van der Waals surface area contributed by atoms with Gasteiger partial charge >= 0.3 is 0 Å². The molecule has 8 nitrogen and oxygen atoms in total. The molecule has 0 saturated carbocycles. The number of carbonyl (C=O) groups excluding carboxylic acids is 1. The molecule has 0 unspecified atom stereocenters. The quantitative estimate of drug-likeness (QED) is 0.474. The number of aryl methyl sites for hydroxylation is 1. The molecule has 1 amide bonds. The summed E-state index contributed by atoms with van der Waals surface area (Å²) in [5, 5.41) is 10.7.